The van der Waals surface area contributed by atoms with Gasteiger partial charge in [0.05, 0.1) is 12.8 Å². The molecule has 0 saturated heterocycles. The predicted octanol–water partition coefficient (Wildman–Crippen LogP) is 2.10. The standard InChI is InChI=1S/C10H14F3N3O2/c1-7-6-16(9(15-7)18-2)8(17)14-5-3-4-10(11,12)13/h6H,3-5H2,1-2H3,(H,14,17). The number of hydrogen-bond acceptors (Lipinski definition) is 3. The molecular formula is C10H14F3N3O2. The number of alkyl halides is 3. The van der Waals surface area contributed by atoms with Crippen LogP contribution in [-0.4, -0.2) is 35.4 Å². The maximum atomic E-state index is 11.9. The van der Waals surface area contributed by atoms with Gasteiger partial charge in [-0.3, -0.25) is 0 Å². The van der Waals surface area contributed by atoms with E-state index in [9.17, 15) is 18.0 Å². The number of nitrogens with zero attached hydrogens (tertiary/aromatic N) is 2. The predicted molar refractivity (Wildman–Crippen MR) is 57.6 cm³/mol. The van der Waals surface area contributed by atoms with Gasteiger partial charge >= 0.3 is 18.2 Å². The number of aryl methyl sites for hydroxylation is 1. The number of nitrogens with one attached hydrogen (secondary N) is 1. The normalized spacial score (nSPS) is 11.4. The molecule has 0 radical (unpaired) electrons. The van der Waals surface area contributed by atoms with Gasteiger partial charge in [0.2, 0.25) is 0 Å². The van der Waals surface area contributed by atoms with Crippen LogP contribution in [0.15, 0.2) is 6.20 Å². The van der Waals surface area contributed by atoms with Crippen LogP contribution in [0.25, 0.3) is 0 Å². The average Bonchev–Trinajstić information content (AvgIpc) is 2.64. The van der Waals surface area contributed by atoms with E-state index in [4.69, 9.17) is 4.74 Å². The van der Waals surface area contributed by atoms with Crippen LogP contribution < -0.4 is 10.1 Å². The Kier molecular flexibility index (Phi) is 4.57. The quantitative estimate of drug-likeness (QED) is 0.848. The van der Waals surface area contributed by atoms with Gasteiger partial charge in [-0.2, -0.15) is 13.2 Å². The van der Waals surface area contributed by atoms with Crippen LogP contribution in [0.3, 0.4) is 0 Å². The molecule has 0 saturated carbocycles. The molecule has 0 atom stereocenters. The number of carbonyl (C=O) groups is 1. The molecule has 18 heavy (non-hydrogen) atoms. The first kappa shape index (κ1) is 14.3. The van der Waals surface area contributed by atoms with Crippen molar-refractivity contribution in [2.75, 3.05) is 13.7 Å². The van der Waals surface area contributed by atoms with Crippen LogP contribution in [0, 0.1) is 6.92 Å². The van der Waals surface area contributed by atoms with E-state index in [-0.39, 0.29) is 19.0 Å². The molecule has 0 fully saturated rings. The van der Waals surface area contributed by atoms with Crippen molar-refractivity contribution < 1.29 is 22.7 Å². The number of methoxy groups -OCH3 is 1. The Morgan fingerprint density at radius 2 is 2.22 bits per heavy atom. The minimum Gasteiger partial charge on any atom is -0.468 e. The second kappa shape index (κ2) is 5.74. The van der Waals surface area contributed by atoms with Crippen molar-refractivity contribution in [3.05, 3.63) is 11.9 Å². The lowest BCUT2D eigenvalue weighted by atomic mass is 10.3. The summed E-state index contributed by atoms with van der Waals surface area (Å²) >= 11 is 0. The van der Waals surface area contributed by atoms with E-state index in [2.05, 4.69) is 10.3 Å². The van der Waals surface area contributed by atoms with Crippen LogP contribution >= 0.6 is 0 Å². The van der Waals surface area contributed by atoms with Crippen molar-refractivity contribution in [2.24, 2.45) is 0 Å². The van der Waals surface area contributed by atoms with Crippen molar-refractivity contribution >= 4 is 6.03 Å². The molecule has 1 heterocycles. The molecule has 1 aromatic heterocycles. The Labute approximate surface area is 102 Å². The molecule has 8 heteroatoms. The van der Waals surface area contributed by atoms with Crippen molar-refractivity contribution in [3.63, 3.8) is 0 Å². The summed E-state index contributed by atoms with van der Waals surface area (Å²) in [5, 5.41) is 2.36. The van der Waals surface area contributed by atoms with Crippen molar-refractivity contribution in [3.8, 4) is 6.01 Å². The highest BCUT2D eigenvalue weighted by Crippen LogP contribution is 2.20. The lowest BCUT2D eigenvalue weighted by Gasteiger charge is -2.08. The molecule has 0 aromatic carbocycles. The van der Waals surface area contributed by atoms with Crippen molar-refractivity contribution in [2.45, 2.75) is 25.9 Å². The third-order valence-corrected chi connectivity index (χ3v) is 2.11. The summed E-state index contributed by atoms with van der Waals surface area (Å²) in [6.45, 7) is 1.62. The lowest BCUT2D eigenvalue weighted by molar-refractivity contribution is -0.135. The number of carbonyl (C=O) groups excluding carboxylic acids is 1. The molecule has 1 rings (SSSR count). The van der Waals surface area contributed by atoms with Crippen LogP contribution in [0.2, 0.25) is 0 Å². The summed E-state index contributed by atoms with van der Waals surface area (Å²) in [4.78, 5) is 15.5. The first-order chi connectivity index (χ1) is 8.33. The van der Waals surface area contributed by atoms with E-state index >= 15 is 0 Å². The molecule has 0 bridgehead atoms. The Morgan fingerprint density at radius 3 is 2.78 bits per heavy atom. The van der Waals surface area contributed by atoms with Crippen LogP contribution in [-0.2, 0) is 0 Å². The minimum atomic E-state index is -4.20. The number of amides is 1. The zero-order valence-corrected chi connectivity index (χ0v) is 10.0. The SMILES string of the molecule is COc1nc(C)cn1C(=O)NCCCC(F)(F)F. The minimum absolute atomic E-state index is 0.0568. The highest BCUT2D eigenvalue weighted by Gasteiger charge is 2.26. The smallest absolute Gasteiger partial charge is 0.389 e. The fourth-order valence-corrected chi connectivity index (χ4v) is 1.33. The molecule has 0 aliphatic carbocycles. The topological polar surface area (TPSA) is 56.2 Å². The Balaban J connectivity index is 2.45. The third-order valence-electron chi connectivity index (χ3n) is 2.11. The van der Waals surface area contributed by atoms with Gasteiger partial charge in [-0.05, 0) is 13.3 Å². The summed E-state index contributed by atoms with van der Waals surface area (Å²) in [7, 11) is 1.36. The molecule has 0 aliphatic heterocycles. The number of imidazole rings is 1. The highest BCUT2D eigenvalue weighted by atomic mass is 19.4. The molecule has 0 spiro atoms. The van der Waals surface area contributed by atoms with Gasteiger partial charge in [-0.25, -0.2) is 14.3 Å². The summed E-state index contributed by atoms with van der Waals surface area (Å²) in [5.41, 5.74) is 0.581. The fourth-order valence-electron chi connectivity index (χ4n) is 1.33. The maximum Gasteiger partial charge on any atom is 0.389 e. The zero-order valence-electron chi connectivity index (χ0n) is 10.0. The van der Waals surface area contributed by atoms with E-state index in [0.717, 1.165) is 4.57 Å². The number of ether oxygens (including phenoxy) is 1. The van der Waals surface area contributed by atoms with Gasteiger partial charge in [0.1, 0.15) is 0 Å². The van der Waals surface area contributed by atoms with Gasteiger partial charge in [0.25, 0.3) is 0 Å². The molecular weight excluding hydrogens is 251 g/mol. The van der Waals surface area contributed by atoms with Crippen molar-refractivity contribution in [1.29, 1.82) is 0 Å². The van der Waals surface area contributed by atoms with E-state index in [1.165, 1.54) is 13.3 Å². The van der Waals surface area contributed by atoms with E-state index in [0.29, 0.717) is 5.69 Å². The van der Waals surface area contributed by atoms with Crippen LogP contribution in [0.5, 0.6) is 6.01 Å². The molecule has 1 amide bonds. The molecule has 1 aromatic rings. The second-order valence-electron chi connectivity index (χ2n) is 3.69. The monoisotopic (exact) mass is 265 g/mol. The first-order valence-electron chi connectivity index (χ1n) is 5.28. The molecule has 5 nitrogen and oxygen atoms in total. The van der Waals surface area contributed by atoms with E-state index in [1.54, 1.807) is 6.92 Å². The number of hydrogen-bond donors (Lipinski definition) is 1. The van der Waals surface area contributed by atoms with Gasteiger partial charge < -0.3 is 10.1 Å². The Morgan fingerprint density at radius 1 is 1.56 bits per heavy atom. The zero-order chi connectivity index (χ0) is 13.8. The Hall–Kier alpha value is -1.73. The molecule has 1 N–H and O–H groups in total. The summed E-state index contributed by atoms with van der Waals surface area (Å²) in [6, 6.07) is -0.463. The largest absolute Gasteiger partial charge is 0.468 e. The van der Waals surface area contributed by atoms with Crippen molar-refractivity contribution in [1.82, 2.24) is 14.9 Å². The highest BCUT2D eigenvalue weighted by molar-refractivity contribution is 5.78. The third kappa shape index (κ3) is 4.27. The summed E-state index contributed by atoms with van der Waals surface area (Å²) < 4.78 is 41.6. The maximum absolute atomic E-state index is 11.9. The van der Waals surface area contributed by atoms with Crippen LogP contribution in [0.1, 0.15) is 18.5 Å². The summed E-state index contributed by atoms with van der Waals surface area (Å²) in [5.74, 6) is 0. The number of aromatic nitrogens is 2. The van der Waals surface area contributed by atoms with Crippen LogP contribution in [0.4, 0.5) is 18.0 Å². The van der Waals surface area contributed by atoms with Gasteiger partial charge in [0.15, 0.2) is 0 Å². The lowest BCUT2D eigenvalue weighted by Crippen LogP contribution is -2.29. The number of rotatable bonds is 4. The van der Waals surface area contributed by atoms with Gasteiger partial charge in [0, 0.05) is 19.2 Å². The average molecular weight is 265 g/mol. The number of halogens is 3. The molecule has 0 aliphatic rings. The Bertz CT molecular complexity index is 415. The van der Waals surface area contributed by atoms with E-state index < -0.39 is 18.6 Å². The molecule has 102 valence electrons. The van der Waals surface area contributed by atoms with Gasteiger partial charge in [-0.15, -0.1) is 0 Å². The first-order valence-corrected chi connectivity index (χ1v) is 5.28. The van der Waals surface area contributed by atoms with E-state index in [1.807, 2.05) is 0 Å². The molecule has 0 unspecified atom stereocenters. The summed E-state index contributed by atoms with van der Waals surface area (Å²) in [6.07, 6.45) is -3.84. The fraction of sp³-hybridized carbons (Fsp3) is 0.600. The second-order valence-corrected chi connectivity index (χ2v) is 3.69. The van der Waals surface area contributed by atoms with Gasteiger partial charge in [-0.1, -0.05) is 0 Å².